The van der Waals surface area contributed by atoms with Gasteiger partial charge in [-0.3, -0.25) is 4.79 Å². The lowest BCUT2D eigenvalue weighted by Gasteiger charge is -2.14. The van der Waals surface area contributed by atoms with Crippen LogP contribution in [0.5, 0.6) is 0 Å². The molecule has 7 nitrogen and oxygen atoms in total. The number of nitrogens with two attached hydrogens (primary N) is 1. The smallest absolute Gasteiger partial charge is 0.251 e. The van der Waals surface area contributed by atoms with E-state index in [4.69, 9.17) is 11.3 Å². The number of guanidine groups is 1. The summed E-state index contributed by atoms with van der Waals surface area (Å²) in [5, 5.41) is 5.92. The lowest BCUT2D eigenvalue weighted by atomic mass is 10.2. The molecule has 0 unspecified atom stereocenters. The zero-order chi connectivity index (χ0) is 15.1. The Morgan fingerprint density at radius 2 is 2.14 bits per heavy atom. The average Bonchev–Trinajstić information content (AvgIpc) is 3.00. The van der Waals surface area contributed by atoms with Gasteiger partial charge in [0.2, 0.25) is 5.96 Å². The Morgan fingerprint density at radius 1 is 1.38 bits per heavy atom. The first kappa shape index (κ1) is 15.1. The molecule has 0 aromatic heterocycles. The molecular weight excluding hydrogens is 268 g/mol. The van der Waals surface area contributed by atoms with E-state index in [0.717, 1.165) is 19.6 Å². The van der Waals surface area contributed by atoms with Crippen LogP contribution in [0.4, 0.5) is 5.69 Å². The van der Waals surface area contributed by atoms with Crippen LogP contribution < -0.4 is 11.1 Å². The van der Waals surface area contributed by atoms with E-state index in [1.54, 1.807) is 24.3 Å². The summed E-state index contributed by atoms with van der Waals surface area (Å²) in [6.45, 7) is 3.76. The summed E-state index contributed by atoms with van der Waals surface area (Å²) in [5.41, 5.74) is 13.2. The van der Waals surface area contributed by atoms with Crippen molar-refractivity contribution in [1.29, 1.82) is 5.53 Å². The van der Waals surface area contributed by atoms with E-state index in [9.17, 15) is 4.79 Å². The van der Waals surface area contributed by atoms with Gasteiger partial charge >= 0.3 is 0 Å². The van der Waals surface area contributed by atoms with Crippen LogP contribution in [0.25, 0.3) is 0 Å². The molecule has 0 bridgehead atoms. The minimum atomic E-state index is -0.137. The standard InChI is InChI=1S/C14H20N6O/c15-14(19-16)18-12-5-3-4-11(10-12)13(21)17-6-9-20-7-1-2-8-20/h3-5,10,16H,1-2,6-9H2,(H2,15,18)(H,17,21). The van der Waals surface area contributed by atoms with Crippen molar-refractivity contribution in [2.45, 2.75) is 12.8 Å². The number of likely N-dealkylation sites (tertiary alicyclic amines) is 1. The van der Waals surface area contributed by atoms with Crippen LogP contribution in [-0.4, -0.2) is 42.9 Å². The van der Waals surface area contributed by atoms with Gasteiger partial charge in [-0.15, -0.1) is 5.11 Å². The van der Waals surface area contributed by atoms with Crippen molar-refractivity contribution in [1.82, 2.24) is 10.2 Å². The summed E-state index contributed by atoms with van der Waals surface area (Å²) in [5.74, 6) is -0.269. The van der Waals surface area contributed by atoms with Crippen LogP contribution in [0, 0.1) is 5.53 Å². The summed E-state index contributed by atoms with van der Waals surface area (Å²) in [7, 11) is 0. The second-order valence-electron chi connectivity index (χ2n) is 4.94. The van der Waals surface area contributed by atoms with E-state index < -0.39 is 0 Å². The van der Waals surface area contributed by atoms with Crippen LogP contribution in [0.3, 0.4) is 0 Å². The van der Waals surface area contributed by atoms with E-state index in [1.165, 1.54) is 12.8 Å². The molecule has 1 saturated heterocycles. The third-order valence-corrected chi connectivity index (χ3v) is 3.38. The number of nitrogens with zero attached hydrogens (tertiary/aromatic N) is 3. The van der Waals surface area contributed by atoms with E-state index >= 15 is 0 Å². The van der Waals surface area contributed by atoms with E-state index in [1.807, 2.05) is 0 Å². The normalized spacial score (nSPS) is 15.9. The number of aliphatic imine (C=N–C) groups is 1. The Morgan fingerprint density at radius 3 is 2.86 bits per heavy atom. The molecule has 0 aliphatic carbocycles. The first-order valence-electron chi connectivity index (χ1n) is 7.01. The van der Waals surface area contributed by atoms with Gasteiger partial charge in [-0.1, -0.05) is 6.07 Å². The SMILES string of the molecule is N=NC(N)=Nc1cccc(C(=O)NCCN2CCCC2)c1. The van der Waals surface area contributed by atoms with Crippen LogP contribution in [0.2, 0.25) is 0 Å². The molecular formula is C14H20N6O. The monoisotopic (exact) mass is 288 g/mol. The second-order valence-corrected chi connectivity index (χ2v) is 4.94. The molecule has 1 aromatic carbocycles. The highest BCUT2D eigenvalue weighted by Gasteiger charge is 2.11. The zero-order valence-electron chi connectivity index (χ0n) is 11.9. The van der Waals surface area contributed by atoms with Crippen molar-refractivity contribution in [2.75, 3.05) is 26.2 Å². The molecule has 0 saturated carbocycles. The van der Waals surface area contributed by atoms with Gasteiger partial charge in [-0.25, -0.2) is 10.5 Å². The van der Waals surface area contributed by atoms with Gasteiger partial charge in [0.1, 0.15) is 0 Å². The molecule has 0 radical (unpaired) electrons. The largest absolute Gasteiger partial charge is 0.366 e. The number of carbonyl (C=O) groups excluding carboxylic acids is 1. The topological polar surface area (TPSA) is 107 Å². The molecule has 1 aliphatic heterocycles. The van der Waals surface area contributed by atoms with Crippen molar-refractivity contribution < 1.29 is 4.79 Å². The predicted octanol–water partition coefficient (Wildman–Crippen LogP) is 1.49. The van der Waals surface area contributed by atoms with Crippen molar-refractivity contribution in [2.24, 2.45) is 15.8 Å². The van der Waals surface area contributed by atoms with Crippen molar-refractivity contribution in [3.63, 3.8) is 0 Å². The molecule has 0 spiro atoms. The maximum absolute atomic E-state index is 12.1. The van der Waals surface area contributed by atoms with E-state index in [2.05, 4.69) is 20.3 Å². The maximum atomic E-state index is 12.1. The number of amides is 1. The quantitative estimate of drug-likeness (QED) is 0.434. The summed E-state index contributed by atoms with van der Waals surface area (Å²) in [6, 6.07) is 6.78. The van der Waals surface area contributed by atoms with Gasteiger partial charge in [-0.05, 0) is 44.1 Å². The number of benzene rings is 1. The maximum Gasteiger partial charge on any atom is 0.251 e. The predicted molar refractivity (Wildman–Crippen MR) is 80.9 cm³/mol. The molecule has 7 heteroatoms. The van der Waals surface area contributed by atoms with Crippen LogP contribution in [-0.2, 0) is 0 Å². The molecule has 4 N–H and O–H groups in total. The Labute approximate surface area is 123 Å². The molecule has 112 valence electrons. The van der Waals surface area contributed by atoms with Gasteiger partial charge in [-0.2, -0.15) is 0 Å². The van der Waals surface area contributed by atoms with Crippen molar-refractivity contribution >= 4 is 17.6 Å². The van der Waals surface area contributed by atoms with E-state index in [0.29, 0.717) is 17.8 Å². The van der Waals surface area contributed by atoms with Gasteiger partial charge in [0, 0.05) is 18.7 Å². The Balaban J connectivity index is 1.89. The summed E-state index contributed by atoms with van der Waals surface area (Å²) in [4.78, 5) is 18.3. The second kappa shape index (κ2) is 7.49. The van der Waals surface area contributed by atoms with Gasteiger partial charge in [0.25, 0.3) is 5.91 Å². The average molecular weight is 288 g/mol. The fraction of sp³-hybridized carbons (Fsp3) is 0.429. The highest BCUT2D eigenvalue weighted by atomic mass is 16.1. The number of rotatable bonds is 5. The minimum absolute atomic E-state index is 0.132. The molecule has 1 heterocycles. The summed E-state index contributed by atoms with van der Waals surface area (Å²) < 4.78 is 0. The third kappa shape index (κ3) is 4.64. The fourth-order valence-corrected chi connectivity index (χ4v) is 2.31. The molecule has 21 heavy (non-hydrogen) atoms. The summed E-state index contributed by atoms with van der Waals surface area (Å²) >= 11 is 0. The summed E-state index contributed by atoms with van der Waals surface area (Å²) in [6.07, 6.45) is 2.49. The highest BCUT2D eigenvalue weighted by molar-refractivity contribution is 5.95. The zero-order valence-corrected chi connectivity index (χ0v) is 11.9. The van der Waals surface area contributed by atoms with Crippen molar-refractivity contribution in [3.05, 3.63) is 29.8 Å². The van der Waals surface area contributed by atoms with Crippen LogP contribution in [0.15, 0.2) is 34.4 Å². The first-order chi connectivity index (χ1) is 10.2. The fourth-order valence-electron chi connectivity index (χ4n) is 2.31. The van der Waals surface area contributed by atoms with Gasteiger partial charge in [0.05, 0.1) is 5.69 Å². The number of hydrogen-bond donors (Lipinski definition) is 3. The molecule has 1 aromatic rings. The Bertz CT molecular complexity index is 536. The van der Waals surface area contributed by atoms with Crippen LogP contribution in [0.1, 0.15) is 23.2 Å². The minimum Gasteiger partial charge on any atom is -0.366 e. The number of carbonyl (C=O) groups is 1. The lowest BCUT2D eigenvalue weighted by molar-refractivity contribution is 0.0950. The molecule has 1 aliphatic rings. The van der Waals surface area contributed by atoms with E-state index in [-0.39, 0.29) is 11.9 Å². The third-order valence-electron chi connectivity index (χ3n) is 3.38. The Kier molecular flexibility index (Phi) is 5.39. The first-order valence-corrected chi connectivity index (χ1v) is 7.01. The highest BCUT2D eigenvalue weighted by Crippen LogP contribution is 2.14. The number of nitrogens with one attached hydrogen (secondary N) is 2. The van der Waals surface area contributed by atoms with Gasteiger partial charge in [0.15, 0.2) is 0 Å². The van der Waals surface area contributed by atoms with Crippen LogP contribution >= 0.6 is 0 Å². The number of hydrogen-bond acceptors (Lipinski definition) is 4. The molecule has 1 amide bonds. The van der Waals surface area contributed by atoms with Crippen molar-refractivity contribution in [3.8, 4) is 0 Å². The van der Waals surface area contributed by atoms with Gasteiger partial charge < -0.3 is 16.0 Å². The molecule has 1 fully saturated rings. The molecule has 2 rings (SSSR count). The lowest BCUT2D eigenvalue weighted by Crippen LogP contribution is -2.33. The Hall–Kier alpha value is -2.28. The molecule has 0 atom stereocenters.